The summed E-state index contributed by atoms with van der Waals surface area (Å²) >= 11 is 0. The van der Waals surface area contributed by atoms with Gasteiger partial charge < -0.3 is 5.21 Å². The zero-order chi connectivity index (χ0) is 18.6. The Morgan fingerprint density at radius 3 is 2.12 bits per heavy atom. The summed E-state index contributed by atoms with van der Waals surface area (Å²) in [5.41, 5.74) is 0.123. The quantitative estimate of drug-likeness (QED) is 0.276. The highest BCUT2D eigenvalue weighted by Gasteiger charge is 2.38. The maximum absolute atomic E-state index is 12.8. The van der Waals surface area contributed by atoms with Gasteiger partial charge in [-0.1, -0.05) is 30.0 Å². The minimum Gasteiger partial charge on any atom is -0.624 e. The van der Waals surface area contributed by atoms with E-state index in [1.165, 1.54) is 6.21 Å². The third kappa shape index (κ3) is 5.38. The van der Waals surface area contributed by atoms with E-state index in [2.05, 4.69) is 11.8 Å². The van der Waals surface area contributed by atoms with Gasteiger partial charge in [0.2, 0.25) is 0 Å². The molecule has 0 radical (unpaired) electrons. The van der Waals surface area contributed by atoms with Gasteiger partial charge in [-0.15, -0.1) is 0 Å². The van der Waals surface area contributed by atoms with Crippen LogP contribution in [-0.2, 0) is 9.84 Å². The molecule has 0 aliphatic heterocycles. The van der Waals surface area contributed by atoms with E-state index in [1.54, 1.807) is 41.5 Å². The Bertz CT molecular complexity index is 740. The molecule has 5 heteroatoms. The molecule has 0 spiro atoms. The van der Waals surface area contributed by atoms with E-state index >= 15 is 0 Å². The molecule has 1 rings (SSSR count). The van der Waals surface area contributed by atoms with E-state index in [1.807, 2.05) is 30.3 Å². The van der Waals surface area contributed by atoms with Crippen LogP contribution in [0.1, 0.15) is 53.5 Å². The Morgan fingerprint density at radius 1 is 1.12 bits per heavy atom. The van der Waals surface area contributed by atoms with Gasteiger partial charge in [-0.25, -0.2) is 13.2 Å². The summed E-state index contributed by atoms with van der Waals surface area (Å²) in [6.07, 6.45) is 1.34. The van der Waals surface area contributed by atoms with Gasteiger partial charge in [-0.2, -0.15) is 0 Å². The highest BCUT2D eigenvalue weighted by Crippen LogP contribution is 2.22. The number of hydrogen-bond acceptors (Lipinski definition) is 3. The third-order valence-electron chi connectivity index (χ3n) is 3.52. The summed E-state index contributed by atoms with van der Waals surface area (Å²) in [4.78, 5) is 0. The fraction of sp³-hybridized carbons (Fsp3) is 0.526. The van der Waals surface area contributed by atoms with E-state index in [-0.39, 0.29) is 6.42 Å². The fourth-order valence-electron chi connectivity index (χ4n) is 1.85. The topological polar surface area (TPSA) is 60.2 Å². The second-order valence-corrected chi connectivity index (χ2v) is 10.6. The molecule has 1 unspecified atom stereocenters. The Morgan fingerprint density at radius 2 is 1.67 bits per heavy atom. The van der Waals surface area contributed by atoms with E-state index in [0.29, 0.717) is 4.74 Å². The average molecular weight is 349 g/mol. The predicted octanol–water partition coefficient (Wildman–Crippen LogP) is 3.39. The summed E-state index contributed by atoms with van der Waals surface area (Å²) < 4.78 is 25.3. The van der Waals surface area contributed by atoms with Crippen molar-refractivity contribution in [2.24, 2.45) is 0 Å². The van der Waals surface area contributed by atoms with Crippen LogP contribution in [0.3, 0.4) is 0 Å². The molecule has 0 bridgehead atoms. The largest absolute Gasteiger partial charge is 0.624 e. The minimum atomic E-state index is -3.55. The van der Waals surface area contributed by atoms with Crippen molar-refractivity contribution in [3.63, 3.8) is 0 Å². The summed E-state index contributed by atoms with van der Waals surface area (Å²) in [5.74, 6) is 5.87. The van der Waals surface area contributed by atoms with Gasteiger partial charge in [0.05, 0.1) is 4.75 Å². The van der Waals surface area contributed by atoms with Crippen LogP contribution in [0, 0.1) is 17.0 Å². The normalized spacial score (nSPS) is 14.7. The molecule has 0 saturated carbocycles. The Kier molecular flexibility index (Phi) is 6.24. The lowest BCUT2D eigenvalue weighted by Crippen LogP contribution is -2.41. The first kappa shape index (κ1) is 20.2. The molecule has 0 amide bonds. The molecule has 1 atom stereocenters. The van der Waals surface area contributed by atoms with Gasteiger partial charge in [0, 0.05) is 32.8 Å². The lowest BCUT2D eigenvalue weighted by Gasteiger charge is -2.25. The van der Waals surface area contributed by atoms with Crippen LogP contribution < -0.4 is 0 Å². The van der Waals surface area contributed by atoms with E-state index < -0.39 is 25.4 Å². The molecule has 0 aliphatic carbocycles. The van der Waals surface area contributed by atoms with Gasteiger partial charge in [0.15, 0.2) is 26.8 Å². The Labute approximate surface area is 146 Å². The first-order valence-electron chi connectivity index (χ1n) is 7.94. The number of nitrogens with zero attached hydrogens (tertiary/aromatic N) is 1. The maximum Gasteiger partial charge on any atom is 0.170 e. The van der Waals surface area contributed by atoms with E-state index in [9.17, 15) is 13.6 Å². The monoisotopic (exact) mass is 349 g/mol. The first-order valence-corrected chi connectivity index (χ1v) is 9.49. The number of rotatable bonds is 3. The summed E-state index contributed by atoms with van der Waals surface area (Å²) in [6, 6.07) is 9.36. The van der Waals surface area contributed by atoms with Crippen molar-refractivity contribution in [1.82, 2.24) is 0 Å². The highest BCUT2D eigenvalue weighted by atomic mass is 32.2. The van der Waals surface area contributed by atoms with Gasteiger partial charge in [0.1, 0.15) is 0 Å². The van der Waals surface area contributed by atoms with Crippen LogP contribution in [0.4, 0.5) is 0 Å². The molecular weight excluding hydrogens is 322 g/mol. The molecule has 24 heavy (non-hydrogen) atoms. The van der Waals surface area contributed by atoms with E-state index in [4.69, 9.17) is 0 Å². The molecule has 1 aromatic rings. The first-order chi connectivity index (χ1) is 10.9. The SMILES string of the molecule is CC(C)(C)/[N+]([O-])=C/C(CC#Cc1ccccc1)S(=O)(=O)C(C)(C)C. The molecule has 0 aromatic heterocycles. The molecule has 4 nitrogen and oxygen atoms in total. The Hall–Kier alpha value is -1.80. The van der Waals surface area contributed by atoms with Crippen LogP contribution in [0.5, 0.6) is 0 Å². The van der Waals surface area contributed by atoms with Gasteiger partial charge in [-0.3, -0.25) is 0 Å². The van der Waals surface area contributed by atoms with Crippen molar-refractivity contribution in [1.29, 1.82) is 0 Å². The zero-order valence-corrected chi connectivity index (χ0v) is 16.1. The number of sulfone groups is 1. The van der Waals surface area contributed by atoms with Crippen molar-refractivity contribution < 1.29 is 13.2 Å². The molecule has 0 N–H and O–H groups in total. The van der Waals surface area contributed by atoms with Gasteiger partial charge in [0.25, 0.3) is 0 Å². The summed E-state index contributed by atoms with van der Waals surface area (Å²) in [7, 11) is -3.55. The second-order valence-electron chi connectivity index (χ2n) is 7.71. The minimum absolute atomic E-state index is 0.0866. The molecule has 0 aliphatic rings. The average Bonchev–Trinajstić information content (AvgIpc) is 2.44. The van der Waals surface area contributed by atoms with Crippen molar-refractivity contribution in [3.8, 4) is 11.8 Å². The summed E-state index contributed by atoms with van der Waals surface area (Å²) in [5, 5.41) is 11.3. The van der Waals surface area contributed by atoms with Crippen molar-refractivity contribution in [2.75, 3.05) is 0 Å². The Balaban J connectivity index is 3.19. The van der Waals surface area contributed by atoms with Crippen LogP contribution in [0.25, 0.3) is 0 Å². The van der Waals surface area contributed by atoms with Crippen LogP contribution in [0.15, 0.2) is 30.3 Å². The maximum atomic E-state index is 12.8. The van der Waals surface area contributed by atoms with Gasteiger partial charge >= 0.3 is 0 Å². The van der Waals surface area contributed by atoms with Gasteiger partial charge in [-0.05, 0) is 32.9 Å². The third-order valence-corrected chi connectivity index (χ3v) is 6.32. The number of hydrogen-bond donors (Lipinski definition) is 0. The van der Waals surface area contributed by atoms with Crippen LogP contribution in [-0.4, -0.2) is 34.9 Å². The molecule has 132 valence electrons. The molecular formula is C19H27NO3S. The molecule has 0 saturated heterocycles. The fourth-order valence-corrected chi connectivity index (χ4v) is 3.33. The highest BCUT2D eigenvalue weighted by molar-refractivity contribution is 7.94. The predicted molar refractivity (Wildman–Crippen MR) is 99.8 cm³/mol. The van der Waals surface area contributed by atoms with Crippen molar-refractivity contribution in [3.05, 3.63) is 41.1 Å². The number of benzene rings is 1. The van der Waals surface area contributed by atoms with E-state index in [0.717, 1.165) is 5.56 Å². The second kappa shape index (κ2) is 7.40. The van der Waals surface area contributed by atoms with Crippen molar-refractivity contribution in [2.45, 2.75) is 63.5 Å². The van der Waals surface area contributed by atoms with Crippen LogP contribution >= 0.6 is 0 Å². The zero-order valence-electron chi connectivity index (χ0n) is 15.3. The lowest BCUT2D eigenvalue weighted by molar-refractivity contribution is -0.531. The summed E-state index contributed by atoms with van der Waals surface area (Å²) in [6.45, 7) is 10.1. The lowest BCUT2D eigenvalue weighted by atomic mass is 10.1. The molecule has 0 heterocycles. The number of hydroxylamine groups is 1. The van der Waals surface area contributed by atoms with Crippen LogP contribution in [0.2, 0.25) is 0 Å². The molecule has 0 fully saturated rings. The smallest absolute Gasteiger partial charge is 0.170 e. The standard InChI is InChI=1S/C19H27NO3S/c1-18(2,3)20(21)15-17(24(22,23)19(4,5)6)14-10-13-16-11-8-7-9-12-16/h7-9,11-12,15,17H,14H2,1-6H3/b20-15-. The molecule has 1 aromatic carbocycles. The van der Waals surface area contributed by atoms with Crippen molar-refractivity contribution >= 4 is 16.1 Å².